The molecule has 1 aliphatic heterocycles. The molecule has 1 fully saturated rings. The summed E-state index contributed by atoms with van der Waals surface area (Å²) in [5.74, 6) is 0.574. The summed E-state index contributed by atoms with van der Waals surface area (Å²) in [5.41, 5.74) is 6.50. The highest BCUT2D eigenvalue weighted by Crippen LogP contribution is 2.23. The largest absolute Gasteiger partial charge is 0.393 e. The molecular weight excluding hydrogens is 326 g/mol. The van der Waals surface area contributed by atoms with E-state index in [1.54, 1.807) is 4.90 Å². The lowest BCUT2D eigenvalue weighted by atomic mass is 10.1. The number of hydrogen-bond donors (Lipinski definition) is 1. The van der Waals surface area contributed by atoms with Gasteiger partial charge in [0.25, 0.3) is 11.6 Å². The number of piperazine rings is 1. The van der Waals surface area contributed by atoms with Crippen molar-refractivity contribution in [3.63, 3.8) is 0 Å². The molecule has 1 saturated heterocycles. The second-order valence-electron chi connectivity index (χ2n) is 6.03. The second-order valence-corrected chi connectivity index (χ2v) is 6.03. The number of rotatable bonds is 4. The Morgan fingerprint density at radius 2 is 2.04 bits per heavy atom. The van der Waals surface area contributed by atoms with Gasteiger partial charge in [-0.1, -0.05) is 5.16 Å². The van der Waals surface area contributed by atoms with E-state index >= 15 is 0 Å². The molecular formula is C16H19N5O4. The molecule has 0 unspecified atom stereocenters. The number of hydrogen-bond acceptors (Lipinski definition) is 7. The van der Waals surface area contributed by atoms with Gasteiger partial charge in [-0.15, -0.1) is 0 Å². The Bertz CT molecular complexity index is 796. The molecule has 132 valence electrons. The van der Waals surface area contributed by atoms with Crippen LogP contribution in [0.4, 0.5) is 11.4 Å². The van der Waals surface area contributed by atoms with Crippen LogP contribution in [-0.4, -0.2) is 52.0 Å². The van der Waals surface area contributed by atoms with E-state index < -0.39 is 4.92 Å². The Hall–Kier alpha value is -2.94. The lowest BCUT2D eigenvalue weighted by Gasteiger charge is -2.34. The van der Waals surface area contributed by atoms with Crippen LogP contribution in [0.2, 0.25) is 0 Å². The fourth-order valence-electron chi connectivity index (χ4n) is 2.84. The minimum absolute atomic E-state index is 0.0497. The van der Waals surface area contributed by atoms with E-state index in [2.05, 4.69) is 10.1 Å². The third-order valence-corrected chi connectivity index (χ3v) is 4.19. The van der Waals surface area contributed by atoms with Gasteiger partial charge in [0.15, 0.2) is 5.76 Å². The van der Waals surface area contributed by atoms with Gasteiger partial charge in [-0.05, 0) is 19.1 Å². The molecule has 1 aromatic heterocycles. The monoisotopic (exact) mass is 345 g/mol. The highest BCUT2D eigenvalue weighted by atomic mass is 16.6. The second kappa shape index (κ2) is 6.89. The Labute approximate surface area is 144 Å². The van der Waals surface area contributed by atoms with Gasteiger partial charge >= 0.3 is 0 Å². The van der Waals surface area contributed by atoms with Crippen molar-refractivity contribution in [1.29, 1.82) is 0 Å². The summed E-state index contributed by atoms with van der Waals surface area (Å²) in [6, 6.07) is 6.05. The van der Waals surface area contributed by atoms with Crippen LogP contribution in [0.15, 0.2) is 28.8 Å². The van der Waals surface area contributed by atoms with Crippen LogP contribution in [-0.2, 0) is 6.54 Å². The number of nitrogen functional groups attached to an aromatic ring is 1. The molecule has 0 spiro atoms. The van der Waals surface area contributed by atoms with E-state index in [0.717, 1.165) is 11.5 Å². The minimum Gasteiger partial charge on any atom is -0.393 e. The first-order chi connectivity index (χ1) is 11.9. The molecule has 0 saturated carbocycles. The maximum Gasteiger partial charge on any atom is 0.292 e. The Morgan fingerprint density at radius 1 is 1.32 bits per heavy atom. The lowest BCUT2D eigenvalue weighted by Crippen LogP contribution is -2.48. The van der Waals surface area contributed by atoms with Crippen molar-refractivity contribution >= 4 is 17.3 Å². The first kappa shape index (κ1) is 16.9. The number of nitro groups is 1. The van der Waals surface area contributed by atoms with Crippen molar-refractivity contribution in [2.45, 2.75) is 13.5 Å². The summed E-state index contributed by atoms with van der Waals surface area (Å²) in [5, 5.41) is 14.8. The average molecular weight is 345 g/mol. The quantitative estimate of drug-likeness (QED) is 0.506. The maximum absolute atomic E-state index is 12.6. The molecule has 25 heavy (non-hydrogen) atoms. The van der Waals surface area contributed by atoms with Gasteiger partial charge in [-0.25, -0.2) is 0 Å². The fraction of sp³-hybridized carbons (Fsp3) is 0.375. The van der Waals surface area contributed by atoms with Crippen LogP contribution in [0.1, 0.15) is 21.8 Å². The van der Waals surface area contributed by atoms with Crippen LogP contribution in [0, 0.1) is 17.0 Å². The molecule has 0 radical (unpaired) electrons. The third kappa shape index (κ3) is 3.77. The molecule has 1 aliphatic rings. The molecule has 0 aliphatic carbocycles. The highest BCUT2D eigenvalue weighted by Gasteiger charge is 2.24. The van der Waals surface area contributed by atoms with Crippen LogP contribution >= 0.6 is 0 Å². The van der Waals surface area contributed by atoms with Gasteiger partial charge in [0.2, 0.25) is 0 Å². The standard InChI is InChI=1S/C16H19N5O4/c1-11-8-13(25-18-11)10-19-4-6-20(7-5-19)16(22)12-2-3-14(17)15(9-12)21(23)24/h2-3,8-9H,4-7,10,17H2,1H3. The van der Waals surface area contributed by atoms with Crippen LogP contribution in [0.3, 0.4) is 0 Å². The van der Waals surface area contributed by atoms with E-state index in [0.29, 0.717) is 32.7 Å². The molecule has 1 amide bonds. The van der Waals surface area contributed by atoms with E-state index in [1.807, 2.05) is 13.0 Å². The molecule has 2 aromatic rings. The molecule has 9 heteroatoms. The molecule has 1 aromatic carbocycles. The molecule has 2 N–H and O–H groups in total. The summed E-state index contributed by atoms with van der Waals surface area (Å²) in [4.78, 5) is 26.8. The van der Waals surface area contributed by atoms with Gasteiger partial charge in [-0.2, -0.15) is 0 Å². The van der Waals surface area contributed by atoms with Gasteiger partial charge < -0.3 is 15.2 Å². The molecule has 3 rings (SSSR count). The number of amides is 1. The number of carbonyl (C=O) groups excluding carboxylic acids is 1. The number of carbonyl (C=O) groups is 1. The van der Waals surface area contributed by atoms with Gasteiger partial charge in [0, 0.05) is 43.9 Å². The summed E-state index contributed by atoms with van der Waals surface area (Å²) in [6.45, 7) is 5.00. The number of aromatic nitrogens is 1. The van der Waals surface area contributed by atoms with Crippen LogP contribution in [0.5, 0.6) is 0 Å². The number of aryl methyl sites for hydroxylation is 1. The lowest BCUT2D eigenvalue weighted by molar-refractivity contribution is -0.383. The zero-order chi connectivity index (χ0) is 18.0. The average Bonchev–Trinajstić information content (AvgIpc) is 3.00. The van der Waals surface area contributed by atoms with E-state index in [-0.39, 0.29) is 22.8 Å². The maximum atomic E-state index is 12.6. The normalized spacial score (nSPS) is 15.3. The fourth-order valence-corrected chi connectivity index (χ4v) is 2.84. The molecule has 9 nitrogen and oxygen atoms in total. The van der Waals surface area contributed by atoms with Crippen LogP contribution in [0.25, 0.3) is 0 Å². The smallest absolute Gasteiger partial charge is 0.292 e. The Morgan fingerprint density at radius 3 is 2.64 bits per heavy atom. The van der Waals surface area contributed by atoms with Crippen molar-refractivity contribution in [1.82, 2.24) is 15.0 Å². The topological polar surface area (TPSA) is 119 Å². The third-order valence-electron chi connectivity index (χ3n) is 4.19. The van der Waals surface area contributed by atoms with Crippen LogP contribution < -0.4 is 5.73 Å². The SMILES string of the molecule is Cc1cc(CN2CCN(C(=O)c3ccc(N)c([N+](=O)[O-])c3)CC2)on1. The Balaban J connectivity index is 1.61. The first-order valence-electron chi connectivity index (χ1n) is 7.92. The number of nitrogens with two attached hydrogens (primary N) is 1. The van der Waals surface area contributed by atoms with Crippen molar-refractivity contribution < 1.29 is 14.2 Å². The summed E-state index contributed by atoms with van der Waals surface area (Å²) in [6.07, 6.45) is 0. The number of nitro benzene ring substituents is 1. The van der Waals surface area contributed by atoms with E-state index in [9.17, 15) is 14.9 Å². The molecule has 0 atom stereocenters. The highest BCUT2D eigenvalue weighted by molar-refractivity contribution is 5.95. The zero-order valence-electron chi connectivity index (χ0n) is 13.8. The first-order valence-corrected chi connectivity index (χ1v) is 7.92. The van der Waals surface area contributed by atoms with E-state index in [1.165, 1.54) is 18.2 Å². The predicted octanol–water partition coefficient (Wildman–Crippen LogP) is 1.43. The van der Waals surface area contributed by atoms with Crippen molar-refractivity contribution in [2.75, 3.05) is 31.9 Å². The Kier molecular flexibility index (Phi) is 4.66. The van der Waals surface area contributed by atoms with Crippen molar-refractivity contribution in [3.05, 3.63) is 51.4 Å². The minimum atomic E-state index is -0.580. The summed E-state index contributed by atoms with van der Waals surface area (Å²) >= 11 is 0. The van der Waals surface area contributed by atoms with Gasteiger partial charge in [0.05, 0.1) is 17.2 Å². The van der Waals surface area contributed by atoms with E-state index in [4.69, 9.17) is 10.3 Å². The molecule has 0 bridgehead atoms. The number of benzene rings is 1. The zero-order valence-corrected chi connectivity index (χ0v) is 13.8. The molecule has 2 heterocycles. The summed E-state index contributed by atoms with van der Waals surface area (Å²) < 4.78 is 5.21. The predicted molar refractivity (Wildman–Crippen MR) is 89.9 cm³/mol. The number of anilines is 1. The van der Waals surface area contributed by atoms with Crippen molar-refractivity contribution in [3.8, 4) is 0 Å². The summed E-state index contributed by atoms with van der Waals surface area (Å²) in [7, 11) is 0. The van der Waals surface area contributed by atoms with Gasteiger partial charge in [0.1, 0.15) is 5.69 Å². The van der Waals surface area contributed by atoms with Gasteiger partial charge in [-0.3, -0.25) is 19.8 Å². The number of nitrogens with zero attached hydrogens (tertiary/aromatic N) is 4. The van der Waals surface area contributed by atoms with Crippen molar-refractivity contribution in [2.24, 2.45) is 0 Å².